The molecule has 3 rings (SSSR count). The van der Waals surface area contributed by atoms with Crippen molar-refractivity contribution in [3.05, 3.63) is 23.3 Å². The van der Waals surface area contributed by atoms with Crippen LogP contribution in [-0.2, 0) is 23.8 Å². The minimum atomic E-state index is -0.392. The summed E-state index contributed by atoms with van der Waals surface area (Å²) in [6.45, 7) is 9.54. The minimum absolute atomic E-state index is 0.109. The van der Waals surface area contributed by atoms with E-state index in [2.05, 4.69) is 19.9 Å². The lowest BCUT2D eigenvalue weighted by Gasteiger charge is -2.29. The van der Waals surface area contributed by atoms with Crippen LogP contribution in [0, 0.1) is 11.8 Å². The number of rotatable bonds is 2. The molecule has 25 heavy (non-hydrogen) atoms. The highest BCUT2D eigenvalue weighted by Crippen LogP contribution is 2.50. The van der Waals surface area contributed by atoms with Crippen LogP contribution in [0.2, 0.25) is 0 Å². The standard InChI is InChI=1S/C20H28O5/c1-6-12(3)18(21)23-14-10-11(2)8-7-9-20(5)17(25-20)16-15(14)13(4)19(22)24-16/h6,8,13-17H,7,9-10H2,1-5H3/b11-8+,12-6-/t13-,14-,15+,16+,17+,20-/m1/s1. The van der Waals surface area contributed by atoms with E-state index in [0.29, 0.717) is 12.0 Å². The average Bonchev–Trinajstić information content (AvgIpc) is 3.13. The van der Waals surface area contributed by atoms with Gasteiger partial charge in [0.25, 0.3) is 0 Å². The van der Waals surface area contributed by atoms with Crippen LogP contribution in [0.1, 0.15) is 53.9 Å². The molecule has 5 nitrogen and oxygen atoms in total. The predicted octanol–water partition coefficient (Wildman–Crippen LogP) is 3.33. The molecule has 2 heterocycles. The Morgan fingerprint density at radius 2 is 2.16 bits per heavy atom. The Bertz CT molecular complexity index is 634. The molecule has 0 unspecified atom stereocenters. The van der Waals surface area contributed by atoms with E-state index in [1.807, 2.05) is 13.8 Å². The zero-order valence-corrected chi connectivity index (χ0v) is 15.7. The van der Waals surface area contributed by atoms with Gasteiger partial charge in [-0.3, -0.25) is 4.79 Å². The highest BCUT2D eigenvalue weighted by Gasteiger charge is 2.64. The molecule has 0 amide bonds. The first-order chi connectivity index (χ1) is 11.8. The summed E-state index contributed by atoms with van der Waals surface area (Å²) in [6, 6.07) is 0. The summed E-state index contributed by atoms with van der Waals surface area (Å²) in [4.78, 5) is 24.6. The molecule has 0 N–H and O–H groups in total. The second-order valence-corrected chi connectivity index (χ2v) is 7.83. The van der Waals surface area contributed by atoms with Gasteiger partial charge in [0.15, 0.2) is 0 Å². The first-order valence-electron chi connectivity index (χ1n) is 9.14. The smallest absolute Gasteiger partial charge is 0.333 e. The highest BCUT2D eigenvalue weighted by atomic mass is 16.6. The molecule has 0 aromatic heterocycles. The van der Waals surface area contributed by atoms with Crippen molar-refractivity contribution >= 4 is 11.9 Å². The normalized spacial score (nSPS) is 43.2. The van der Waals surface area contributed by atoms with Gasteiger partial charge in [0.2, 0.25) is 0 Å². The van der Waals surface area contributed by atoms with Gasteiger partial charge in [0.05, 0.1) is 11.5 Å². The molecule has 0 aromatic rings. The third kappa shape index (κ3) is 3.39. The summed E-state index contributed by atoms with van der Waals surface area (Å²) >= 11 is 0. The van der Waals surface area contributed by atoms with Crippen LogP contribution >= 0.6 is 0 Å². The lowest BCUT2D eigenvalue weighted by Crippen LogP contribution is -2.40. The van der Waals surface area contributed by atoms with E-state index < -0.39 is 6.10 Å². The van der Waals surface area contributed by atoms with Crippen molar-refractivity contribution in [2.75, 3.05) is 0 Å². The van der Waals surface area contributed by atoms with E-state index in [1.54, 1.807) is 13.0 Å². The van der Waals surface area contributed by atoms with Crippen molar-refractivity contribution < 1.29 is 23.8 Å². The lowest BCUT2D eigenvalue weighted by atomic mass is 9.79. The van der Waals surface area contributed by atoms with Crippen molar-refractivity contribution in [2.45, 2.75) is 77.8 Å². The van der Waals surface area contributed by atoms with Gasteiger partial charge in [-0.1, -0.05) is 24.6 Å². The van der Waals surface area contributed by atoms with E-state index in [4.69, 9.17) is 14.2 Å². The van der Waals surface area contributed by atoms with Crippen LogP contribution in [0.25, 0.3) is 0 Å². The highest BCUT2D eigenvalue weighted by molar-refractivity contribution is 5.87. The zero-order valence-electron chi connectivity index (χ0n) is 15.7. The van der Waals surface area contributed by atoms with Gasteiger partial charge in [-0.15, -0.1) is 0 Å². The molecule has 0 radical (unpaired) electrons. The molecule has 0 bridgehead atoms. The maximum absolute atomic E-state index is 12.4. The Morgan fingerprint density at radius 3 is 2.84 bits per heavy atom. The Morgan fingerprint density at radius 1 is 1.44 bits per heavy atom. The Labute approximate surface area is 149 Å². The number of hydrogen-bond acceptors (Lipinski definition) is 5. The minimum Gasteiger partial charge on any atom is -0.459 e. The van der Waals surface area contributed by atoms with Gasteiger partial charge < -0.3 is 14.2 Å². The molecule has 3 aliphatic rings. The van der Waals surface area contributed by atoms with Crippen LogP contribution in [0.15, 0.2) is 23.3 Å². The number of ether oxygens (including phenoxy) is 3. The van der Waals surface area contributed by atoms with Gasteiger partial charge in [-0.05, 0) is 40.5 Å². The quantitative estimate of drug-likeness (QED) is 0.331. The van der Waals surface area contributed by atoms with Gasteiger partial charge in [0, 0.05) is 17.9 Å². The molecule has 1 aliphatic carbocycles. The zero-order chi connectivity index (χ0) is 18.4. The van der Waals surface area contributed by atoms with Crippen LogP contribution in [0.4, 0.5) is 0 Å². The van der Waals surface area contributed by atoms with Crippen molar-refractivity contribution in [1.29, 1.82) is 0 Å². The van der Waals surface area contributed by atoms with E-state index in [-0.39, 0.29) is 41.6 Å². The fourth-order valence-electron chi connectivity index (χ4n) is 4.04. The first-order valence-corrected chi connectivity index (χ1v) is 9.14. The van der Waals surface area contributed by atoms with Crippen LogP contribution < -0.4 is 0 Å². The summed E-state index contributed by atoms with van der Waals surface area (Å²) in [5.74, 6) is -1.05. The van der Waals surface area contributed by atoms with Crippen molar-refractivity contribution in [1.82, 2.24) is 0 Å². The molecule has 0 aromatic carbocycles. The number of fused-ring (bicyclic) bond motifs is 3. The second kappa shape index (κ2) is 6.60. The maximum atomic E-state index is 12.4. The summed E-state index contributed by atoms with van der Waals surface area (Å²) < 4.78 is 17.5. The van der Waals surface area contributed by atoms with Crippen molar-refractivity contribution in [3.8, 4) is 0 Å². The third-order valence-corrected chi connectivity index (χ3v) is 5.92. The summed E-state index contributed by atoms with van der Waals surface area (Å²) in [5, 5.41) is 0. The van der Waals surface area contributed by atoms with Crippen molar-refractivity contribution in [2.24, 2.45) is 11.8 Å². The number of hydrogen-bond donors (Lipinski definition) is 0. The van der Waals surface area contributed by atoms with Crippen LogP contribution in [-0.4, -0.2) is 35.9 Å². The van der Waals surface area contributed by atoms with Crippen LogP contribution in [0.3, 0.4) is 0 Å². The Kier molecular flexibility index (Phi) is 4.80. The van der Waals surface area contributed by atoms with E-state index in [1.165, 1.54) is 5.57 Å². The van der Waals surface area contributed by atoms with E-state index in [0.717, 1.165) is 12.8 Å². The summed E-state index contributed by atoms with van der Waals surface area (Å²) in [6.07, 6.45) is 5.52. The van der Waals surface area contributed by atoms with E-state index >= 15 is 0 Å². The maximum Gasteiger partial charge on any atom is 0.333 e. The third-order valence-electron chi connectivity index (χ3n) is 5.92. The molecular weight excluding hydrogens is 320 g/mol. The predicted molar refractivity (Wildman–Crippen MR) is 92.7 cm³/mol. The SMILES string of the molecule is C/C=C(/C)C(=O)O[C@@H]1C/C(C)=C/CC[C@@]2(C)O[C@H]2[C@H]2OC(=O)[C@H](C)[C@H]21. The number of esters is 2. The molecule has 138 valence electrons. The Balaban J connectivity index is 1.93. The van der Waals surface area contributed by atoms with Gasteiger partial charge in [0.1, 0.15) is 18.3 Å². The molecule has 0 saturated carbocycles. The Hall–Kier alpha value is -1.62. The molecule has 5 heteroatoms. The first kappa shape index (κ1) is 18.2. The monoisotopic (exact) mass is 348 g/mol. The fourth-order valence-corrected chi connectivity index (χ4v) is 4.04. The molecule has 6 atom stereocenters. The topological polar surface area (TPSA) is 65.1 Å². The van der Waals surface area contributed by atoms with Gasteiger partial charge >= 0.3 is 11.9 Å². The van der Waals surface area contributed by atoms with Crippen molar-refractivity contribution in [3.63, 3.8) is 0 Å². The molecule has 0 spiro atoms. The lowest BCUT2D eigenvalue weighted by molar-refractivity contribution is -0.149. The fraction of sp³-hybridized carbons (Fsp3) is 0.700. The summed E-state index contributed by atoms with van der Waals surface area (Å²) in [5.41, 5.74) is 1.49. The van der Waals surface area contributed by atoms with Crippen LogP contribution in [0.5, 0.6) is 0 Å². The largest absolute Gasteiger partial charge is 0.459 e. The van der Waals surface area contributed by atoms with Gasteiger partial charge in [-0.2, -0.15) is 0 Å². The average molecular weight is 348 g/mol. The molecule has 2 fully saturated rings. The van der Waals surface area contributed by atoms with Gasteiger partial charge in [-0.25, -0.2) is 4.79 Å². The summed E-state index contributed by atoms with van der Waals surface area (Å²) in [7, 11) is 0. The molecule has 2 saturated heterocycles. The molecule has 2 aliphatic heterocycles. The number of carbonyl (C=O) groups excluding carboxylic acids is 2. The number of allylic oxidation sites excluding steroid dienone is 2. The molecular formula is C20H28O5. The number of carbonyl (C=O) groups is 2. The number of epoxide rings is 1. The second-order valence-electron chi connectivity index (χ2n) is 7.83. The van der Waals surface area contributed by atoms with E-state index in [9.17, 15) is 9.59 Å².